The van der Waals surface area contributed by atoms with Crippen LogP contribution >= 0.6 is 27.5 Å². The lowest BCUT2D eigenvalue weighted by atomic mass is 10.2. The summed E-state index contributed by atoms with van der Waals surface area (Å²) in [5.74, 6) is 0.326. The van der Waals surface area contributed by atoms with Gasteiger partial charge in [0.1, 0.15) is 5.75 Å². The van der Waals surface area contributed by atoms with Crippen LogP contribution in [0.3, 0.4) is 0 Å². The van der Waals surface area contributed by atoms with Gasteiger partial charge in [0.15, 0.2) is 6.61 Å². The number of rotatable bonds is 6. The van der Waals surface area contributed by atoms with Crippen molar-refractivity contribution < 1.29 is 14.3 Å². The molecule has 0 unspecified atom stereocenters. The minimum absolute atomic E-state index is 0.0636. The van der Waals surface area contributed by atoms with Crippen molar-refractivity contribution in [3.63, 3.8) is 0 Å². The van der Waals surface area contributed by atoms with Crippen LogP contribution in [0, 0.1) is 6.92 Å². The second-order valence-electron chi connectivity index (χ2n) is 3.67. The average Bonchev–Trinajstić information content (AvgIpc) is 2.27. The van der Waals surface area contributed by atoms with Gasteiger partial charge in [0.25, 0.3) is 5.91 Å². The van der Waals surface area contributed by atoms with E-state index in [0.717, 1.165) is 10.0 Å². The van der Waals surface area contributed by atoms with Crippen LogP contribution in [0.2, 0.25) is 5.02 Å². The third-order valence-corrected chi connectivity index (χ3v) is 2.91. The molecule has 100 valence electrons. The monoisotopic (exact) mass is 335 g/mol. The van der Waals surface area contributed by atoms with Gasteiger partial charge in [0, 0.05) is 18.1 Å². The van der Waals surface area contributed by atoms with Crippen LogP contribution in [0.1, 0.15) is 5.56 Å². The molecule has 1 aromatic carbocycles. The molecule has 0 saturated carbocycles. The Bertz CT molecular complexity index is 403. The molecule has 0 atom stereocenters. The van der Waals surface area contributed by atoms with Crippen molar-refractivity contribution in [2.45, 2.75) is 6.92 Å². The van der Waals surface area contributed by atoms with Crippen LogP contribution < -0.4 is 10.1 Å². The molecule has 0 fully saturated rings. The minimum atomic E-state index is -0.203. The molecule has 0 heterocycles. The minimum Gasteiger partial charge on any atom is -0.482 e. The Hall–Kier alpha value is -0.780. The molecule has 0 aromatic heterocycles. The fourth-order valence-electron chi connectivity index (χ4n) is 1.35. The Balaban J connectivity index is 2.51. The van der Waals surface area contributed by atoms with E-state index in [0.29, 0.717) is 23.9 Å². The number of aryl methyl sites for hydroxylation is 1. The zero-order valence-corrected chi connectivity index (χ0v) is 12.6. The van der Waals surface area contributed by atoms with Crippen LogP contribution in [0.4, 0.5) is 0 Å². The van der Waals surface area contributed by atoms with Gasteiger partial charge in [-0.25, -0.2) is 0 Å². The van der Waals surface area contributed by atoms with E-state index in [9.17, 15) is 4.79 Å². The summed E-state index contributed by atoms with van der Waals surface area (Å²) in [6.07, 6.45) is 0. The highest BCUT2D eigenvalue weighted by atomic mass is 79.9. The number of methoxy groups -OCH3 is 1. The quantitative estimate of drug-likeness (QED) is 0.812. The first-order valence-corrected chi connectivity index (χ1v) is 6.55. The molecule has 0 aliphatic rings. The first kappa shape index (κ1) is 15.3. The largest absolute Gasteiger partial charge is 0.482 e. The molecule has 1 aromatic rings. The molecule has 0 bridgehead atoms. The summed E-state index contributed by atoms with van der Waals surface area (Å²) in [6, 6.07) is 3.61. The van der Waals surface area contributed by atoms with Crippen LogP contribution in [0.25, 0.3) is 0 Å². The molecule has 4 nitrogen and oxygen atoms in total. The number of hydrogen-bond donors (Lipinski definition) is 1. The van der Waals surface area contributed by atoms with Crippen molar-refractivity contribution in [2.75, 3.05) is 26.9 Å². The van der Waals surface area contributed by atoms with Crippen LogP contribution in [-0.2, 0) is 9.53 Å². The summed E-state index contributed by atoms with van der Waals surface area (Å²) in [5.41, 5.74) is 0.874. The zero-order chi connectivity index (χ0) is 13.5. The molecule has 0 aliphatic carbocycles. The van der Waals surface area contributed by atoms with E-state index >= 15 is 0 Å². The average molecular weight is 337 g/mol. The normalized spacial score (nSPS) is 10.2. The van der Waals surface area contributed by atoms with Gasteiger partial charge in [-0.15, -0.1) is 0 Å². The zero-order valence-electron chi connectivity index (χ0n) is 10.3. The maximum absolute atomic E-state index is 11.4. The SMILES string of the molecule is COCCNC(=O)COc1c(C)cc(Br)cc1Cl. The highest BCUT2D eigenvalue weighted by Gasteiger charge is 2.09. The van der Waals surface area contributed by atoms with Crippen molar-refractivity contribution >= 4 is 33.4 Å². The number of nitrogens with one attached hydrogen (secondary N) is 1. The highest BCUT2D eigenvalue weighted by molar-refractivity contribution is 9.10. The van der Waals surface area contributed by atoms with Crippen LogP contribution in [0.5, 0.6) is 5.75 Å². The third-order valence-electron chi connectivity index (χ3n) is 2.17. The Morgan fingerprint density at radius 2 is 2.22 bits per heavy atom. The van der Waals surface area contributed by atoms with Crippen molar-refractivity contribution in [3.8, 4) is 5.75 Å². The molecular formula is C12H15BrClNO3. The van der Waals surface area contributed by atoms with Gasteiger partial charge in [-0.05, 0) is 24.6 Å². The Morgan fingerprint density at radius 3 is 2.83 bits per heavy atom. The number of ether oxygens (including phenoxy) is 2. The lowest BCUT2D eigenvalue weighted by Crippen LogP contribution is -2.31. The van der Waals surface area contributed by atoms with Crippen molar-refractivity contribution in [1.29, 1.82) is 0 Å². The molecule has 0 spiro atoms. The van der Waals surface area contributed by atoms with E-state index in [2.05, 4.69) is 21.2 Å². The highest BCUT2D eigenvalue weighted by Crippen LogP contribution is 2.31. The number of amides is 1. The van der Waals surface area contributed by atoms with E-state index in [-0.39, 0.29) is 12.5 Å². The fourth-order valence-corrected chi connectivity index (χ4v) is 2.38. The topological polar surface area (TPSA) is 47.6 Å². The van der Waals surface area contributed by atoms with Crippen molar-refractivity contribution in [2.24, 2.45) is 0 Å². The van der Waals surface area contributed by atoms with Gasteiger partial charge in [0.2, 0.25) is 0 Å². The lowest BCUT2D eigenvalue weighted by Gasteiger charge is -2.11. The second kappa shape index (κ2) is 7.61. The molecule has 1 N–H and O–H groups in total. The number of benzene rings is 1. The van der Waals surface area contributed by atoms with E-state index in [1.54, 1.807) is 13.2 Å². The molecule has 1 rings (SSSR count). The van der Waals surface area contributed by atoms with Gasteiger partial charge in [-0.2, -0.15) is 0 Å². The van der Waals surface area contributed by atoms with Crippen molar-refractivity contribution in [3.05, 3.63) is 27.2 Å². The number of halogens is 2. The Kier molecular flexibility index (Phi) is 6.46. The summed E-state index contributed by atoms with van der Waals surface area (Å²) in [5, 5.41) is 3.14. The predicted octanol–water partition coefficient (Wildman–Crippen LogP) is 2.55. The standard InChI is InChI=1S/C12H15BrClNO3/c1-8-5-9(13)6-10(14)12(8)18-7-11(16)15-3-4-17-2/h5-6H,3-4,7H2,1-2H3,(H,15,16). The first-order chi connectivity index (χ1) is 8.54. The van der Waals surface area contributed by atoms with Gasteiger partial charge < -0.3 is 14.8 Å². The van der Waals surface area contributed by atoms with Crippen molar-refractivity contribution in [1.82, 2.24) is 5.32 Å². The molecule has 0 aliphatic heterocycles. The van der Waals surface area contributed by atoms with E-state index < -0.39 is 0 Å². The third kappa shape index (κ3) is 4.84. The molecule has 18 heavy (non-hydrogen) atoms. The summed E-state index contributed by atoms with van der Waals surface area (Å²) in [4.78, 5) is 11.4. The number of hydrogen-bond acceptors (Lipinski definition) is 3. The summed E-state index contributed by atoms with van der Waals surface area (Å²) in [7, 11) is 1.58. The fraction of sp³-hybridized carbons (Fsp3) is 0.417. The summed E-state index contributed by atoms with van der Waals surface area (Å²) < 4.78 is 11.1. The lowest BCUT2D eigenvalue weighted by molar-refractivity contribution is -0.123. The molecule has 1 amide bonds. The second-order valence-corrected chi connectivity index (χ2v) is 4.99. The van der Waals surface area contributed by atoms with Gasteiger partial charge in [-0.3, -0.25) is 4.79 Å². The van der Waals surface area contributed by atoms with E-state index in [1.807, 2.05) is 13.0 Å². The van der Waals surface area contributed by atoms with Gasteiger partial charge in [-0.1, -0.05) is 27.5 Å². The maximum Gasteiger partial charge on any atom is 0.258 e. The Labute approximate surface area is 120 Å². The molecular weight excluding hydrogens is 321 g/mol. The summed E-state index contributed by atoms with van der Waals surface area (Å²) in [6.45, 7) is 2.75. The number of carbonyl (C=O) groups is 1. The Morgan fingerprint density at radius 1 is 1.50 bits per heavy atom. The predicted molar refractivity (Wildman–Crippen MR) is 74.3 cm³/mol. The first-order valence-electron chi connectivity index (χ1n) is 5.38. The summed E-state index contributed by atoms with van der Waals surface area (Å²) >= 11 is 9.37. The molecule has 0 radical (unpaired) electrons. The van der Waals surface area contributed by atoms with E-state index in [1.165, 1.54) is 0 Å². The molecule has 0 saturated heterocycles. The van der Waals surface area contributed by atoms with Gasteiger partial charge >= 0.3 is 0 Å². The maximum atomic E-state index is 11.4. The van der Waals surface area contributed by atoms with Gasteiger partial charge in [0.05, 0.1) is 11.6 Å². The van der Waals surface area contributed by atoms with Crippen LogP contribution in [-0.4, -0.2) is 32.8 Å². The van der Waals surface area contributed by atoms with Crippen LogP contribution in [0.15, 0.2) is 16.6 Å². The van der Waals surface area contributed by atoms with E-state index in [4.69, 9.17) is 21.1 Å². The molecule has 6 heteroatoms. The smallest absolute Gasteiger partial charge is 0.258 e. The number of carbonyl (C=O) groups excluding carboxylic acids is 1.